The summed E-state index contributed by atoms with van der Waals surface area (Å²) in [4.78, 5) is 17.6. The van der Waals surface area contributed by atoms with Crippen LogP contribution in [0.2, 0.25) is 0 Å². The highest BCUT2D eigenvalue weighted by Crippen LogP contribution is 2.39. The number of thioether (sulfide) groups is 1. The molecule has 0 unspecified atom stereocenters. The maximum Gasteiger partial charge on any atom is 0.262 e. The number of alkyl halides is 1. The molecule has 0 aliphatic carbocycles. The lowest BCUT2D eigenvalue weighted by molar-refractivity contribution is -0.115. The summed E-state index contributed by atoms with van der Waals surface area (Å²) >= 11 is 6.90. The van der Waals surface area contributed by atoms with Crippen molar-refractivity contribution >= 4 is 44.3 Å². The number of rotatable bonds is 4. The molecule has 24 heavy (non-hydrogen) atoms. The predicted molar refractivity (Wildman–Crippen MR) is 95.5 cm³/mol. The molecule has 1 aromatic carbocycles. The van der Waals surface area contributed by atoms with E-state index in [1.807, 2.05) is 29.2 Å². The summed E-state index contributed by atoms with van der Waals surface area (Å²) < 4.78 is 29.0. The van der Waals surface area contributed by atoms with E-state index in [9.17, 15) is 13.2 Å². The molecule has 9 heteroatoms. The van der Waals surface area contributed by atoms with Crippen LogP contribution in [0.4, 0.5) is 0 Å². The topological polar surface area (TPSA) is 76.0 Å². The van der Waals surface area contributed by atoms with Crippen LogP contribution in [0.3, 0.4) is 0 Å². The first kappa shape index (κ1) is 17.6. The van der Waals surface area contributed by atoms with Gasteiger partial charge >= 0.3 is 0 Å². The molecule has 130 valence electrons. The van der Waals surface area contributed by atoms with Crippen LogP contribution in [0.25, 0.3) is 0 Å². The number of nitrogens with zero attached hydrogens (tertiary/aromatic N) is 2. The maximum absolute atomic E-state index is 11.9. The van der Waals surface area contributed by atoms with Crippen LogP contribution in [0.1, 0.15) is 5.56 Å². The Morgan fingerprint density at radius 2 is 2.08 bits per heavy atom. The molecular weight excluding hydrogens is 372 g/mol. The van der Waals surface area contributed by atoms with Crippen LogP contribution in [-0.2, 0) is 21.2 Å². The number of fused-ring (bicyclic) bond motifs is 1. The second-order valence-corrected chi connectivity index (χ2v) is 9.33. The van der Waals surface area contributed by atoms with Gasteiger partial charge in [-0.3, -0.25) is 4.79 Å². The van der Waals surface area contributed by atoms with E-state index in [2.05, 4.69) is 4.99 Å². The van der Waals surface area contributed by atoms with E-state index >= 15 is 0 Å². The number of hydrogen-bond acceptors (Lipinski definition) is 5. The van der Waals surface area contributed by atoms with Gasteiger partial charge in [0.05, 0.1) is 24.7 Å². The van der Waals surface area contributed by atoms with Crippen molar-refractivity contribution in [1.29, 1.82) is 0 Å². The number of methoxy groups -OCH3 is 1. The van der Waals surface area contributed by atoms with Gasteiger partial charge in [0.25, 0.3) is 5.91 Å². The highest BCUT2D eigenvalue weighted by Gasteiger charge is 2.48. The molecule has 2 aliphatic rings. The summed E-state index contributed by atoms with van der Waals surface area (Å²) in [5.41, 5.74) is 0.993. The average Bonchev–Trinajstić information content (AvgIpc) is 3.01. The molecule has 2 heterocycles. The fourth-order valence-corrected chi connectivity index (χ4v) is 6.91. The normalized spacial score (nSPS) is 26.6. The Kier molecular flexibility index (Phi) is 5.08. The van der Waals surface area contributed by atoms with Crippen LogP contribution < -0.4 is 4.74 Å². The van der Waals surface area contributed by atoms with Crippen LogP contribution in [0.5, 0.6) is 5.75 Å². The van der Waals surface area contributed by atoms with Crippen molar-refractivity contribution in [3.63, 3.8) is 0 Å². The van der Waals surface area contributed by atoms with E-state index in [0.717, 1.165) is 11.3 Å². The Balaban J connectivity index is 1.86. The van der Waals surface area contributed by atoms with E-state index < -0.39 is 15.7 Å². The molecule has 2 fully saturated rings. The van der Waals surface area contributed by atoms with Gasteiger partial charge in [-0.05, 0) is 17.7 Å². The van der Waals surface area contributed by atoms with E-state index in [-0.39, 0.29) is 28.7 Å². The second-order valence-electron chi connectivity index (χ2n) is 5.70. The molecule has 0 radical (unpaired) electrons. The van der Waals surface area contributed by atoms with Crippen molar-refractivity contribution in [2.24, 2.45) is 4.99 Å². The monoisotopic (exact) mass is 388 g/mol. The first-order chi connectivity index (χ1) is 11.4. The van der Waals surface area contributed by atoms with Crippen LogP contribution in [0, 0.1) is 0 Å². The number of aliphatic imine (C=N–C) groups is 1. The van der Waals surface area contributed by atoms with Crippen LogP contribution >= 0.6 is 23.4 Å². The Morgan fingerprint density at radius 1 is 1.38 bits per heavy atom. The number of carbonyl (C=O) groups is 1. The minimum absolute atomic E-state index is 0.0878. The molecule has 1 aromatic rings. The Morgan fingerprint density at radius 3 is 2.71 bits per heavy atom. The highest BCUT2D eigenvalue weighted by atomic mass is 35.5. The smallest absolute Gasteiger partial charge is 0.262 e. The third kappa shape index (κ3) is 3.70. The molecule has 2 aliphatic heterocycles. The number of amides is 1. The zero-order chi connectivity index (χ0) is 17.3. The van der Waals surface area contributed by atoms with Gasteiger partial charge in [-0.2, -0.15) is 4.99 Å². The van der Waals surface area contributed by atoms with Gasteiger partial charge in [-0.25, -0.2) is 8.42 Å². The number of halogens is 1. The molecule has 3 rings (SSSR count). The molecule has 0 aromatic heterocycles. The van der Waals surface area contributed by atoms with E-state index in [4.69, 9.17) is 16.3 Å². The Bertz CT molecular complexity index is 764. The van der Waals surface area contributed by atoms with Crippen molar-refractivity contribution in [3.05, 3.63) is 29.8 Å². The molecule has 2 atom stereocenters. The summed E-state index contributed by atoms with van der Waals surface area (Å²) in [6, 6.07) is 7.37. The molecule has 0 saturated carbocycles. The maximum atomic E-state index is 11.9. The summed E-state index contributed by atoms with van der Waals surface area (Å²) in [7, 11) is -1.45. The lowest BCUT2D eigenvalue weighted by Gasteiger charge is -2.24. The number of carbonyl (C=O) groups excluding carboxylic acids is 1. The molecule has 6 nitrogen and oxygen atoms in total. The zero-order valence-corrected chi connectivity index (χ0v) is 15.4. The Labute approximate surface area is 150 Å². The fourth-order valence-electron chi connectivity index (χ4n) is 2.88. The fraction of sp³-hybridized carbons (Fsp3) is 0.467. The minimum Gasteiger partial charge on any atom is -0.497 e. The van der Waals surface area contributed by atoms with Crippen LogP contribution in [-0.4, -0.2) is 60.2 Å². The highest BCUT2D eigenvalue weighted by molar-refractivity contribution is 8.15. The minimum atomic E-state index is -3.05. The van der Waals surface area contributed by atoms with Crippen molar-refractivity contribution in [2.75, 3.05) is 24.5 Å². The predicted octanol–water partition coefficient (Wildman–Crippen LogP) is 1.53. The van der Waals surface area contributed by atoms with Gasteiger partial charge in [0, 0.05) is 11.8 Å². The van der Waals surface area contributed by atoms with Gasteiger partial charge in [0.1, 0.15) is 11.6 Å². The molecular formula is C15H17ClN2O4S2. The molecule has 2 saturated heterocycles. The summed E-state index contributed by atoms with van der Waals surface area (Å²) in [6.07, 6.45) is 0. The van der Waals surface area contributed by atoms with E-state index in [1.54, 1.807) is 7.11 Å². The van der Waals surface area contributed by atoms with Gasteiger partial charge in [0.15, 0.2) is 15.0 Å². The van der Waals surface area contributed by atoms with Gasteiger partial charge in [0.2, 0.25) is 0 Å². The molecule has 1 amide bonds. The summed E-state index contributed by atoms with van der Waals surface area (Å²) in [5, 5.41) is 0.469. The number of ether oxygens (including phenoxy) is 1. The second kappa shape index (κ2) is 6.93. The van der Waals surface area contributed by atoms with Crippen molar-refractivity contribution < 1.29 is 17.9 Å². The zero-order valence-electron chi connectivity index (χ0n) is 13.0. The largest absolute Gasteiger partial charge is 0.497 e. The number of benzene rings is 1. The molecule has 0 N–H and O–H groups in total. The van der Waals surface area contributed by atoms with Crippen molar-refractivity contribution in [1.82, 2.24) is 4.90 Å². The number of sulfone groups is 1. The lowest BCUT2D eigenvalue weighted by atomic mass is 10.1. The average molecular weight is 389 g/mol. The van der Waals surface area contributed by atoms with E-state index in [0.29, 0.717) is 11.7 Å². The standard InChI is InChI=1S/C15H17ClN2O4S2/c1-22-11-4-2-10(3-5-11)7-18-12-8-24(20,21)9-13(12)23-15(18)17-14(19)6-16/h2-5,12-13H,6-9H2,1H3/t12-,13-/m0/s1. The third-order valence-corrected chi connectivity index (χ3v) is 7.50. The lowest BCUT2D eigenvalue weighted by Crippen LogP contribution is -2.37. The quantitative estimate of drug-likeness (QED) is 0.728. The summed E-state index contributed by atoms with van der Waals surface area (Å²) in [6.45, 7) is 0.488. The van der Waals surface area contributed by atoms with Gasteiger partial charge in [-0.15, -0.1) is 11.6 Å². The third-order valence-electron chi connectivity index (χ3n) is 4.02. The van der Waals surface area contributed by atoms with Gasteiger partial charge in [-0.1, -0.05) is 23.9 Å². The van der Waals surface area contributed by atoms with Crippen molar-refractivity contribution in [2.45, 2.75) is 17.8 Å². The first-order valence-electron chi connectivity index (χ1n) is 7.36. The van der Waals surface area contributed by atoms with E-state index in [1.165, 1.54) is 11.8 Å². The van der Waals surface area contributed by atoms with Crippen molar-refractivity contribution in [3.8, 4) is 5.75 Å². The van der Waals surface area contributed by atoms with Crippen LogP contribution in [0.15, 0.2) is 29.3 Å². The number of amidine groups is 1. The Hall–Kier alpha value is -1.25. The summed E-state index contributed by atoms with van der Waals surface area (Å²) in [5.74, 6) is 0.363. The molecule has 0 spiro atoms. The molecule has 0 bridgehead atoms. The first-order valence-corrected chi connectivity index (χ1v) is 10.6. The van der Waals surface area contributed by atoms with Gasteiger partial charge < -0.3 is 9.64 Å². The number of hydrogen-bond donors (Lipinski definition) is 0. The SMILES string of the molecule is COc1ccc(CN2C(=NC(=O)CCl)S[C@H]3CS(=O)(=O)C[C@@H]32)cc1.